The van der Waals surface area contributed by atoms with Gasteiger partial charge >= 0.3 is 6.18 Å². The number of anilines is 1. The number of rotatable bonds is 1. The second-order valence-electron chi connectivity index (χ2n) is 4.06. The van der Waals surface area contributed by atoms with E-state index in [-0.39, 0.29) is 11.2 Å². The molecule has 2 rings (SSSR count). The Morgan fingerprint density at radius 1 is 1.41 bits per heavy atom. The van der Waals surface area contributed by atoms with Gasteiger partial charge in [-0.15, -0.1) is 11.6 Å². The molecule has 94 valence electrons. The maximum absolute atomic E-state index is 12.8. The van der Waals surface area contributed by atoms with Gasteiger partial charge in [0.1, 0.15) is 5.82 Å². The summed E-state index contributed by atoms with van der Waals surface area (Å²) in [5.41, 5.74) is -0.689. The molecule has 1 aromatic rings. The number of hydrogen-bond donors (Lipinski definition) is 0. The molecule has 1 unspecified atom stereocenters. The summed E-state index contributed by atoms with van der Waals surface area (Å²) in [6.45, 7) is 0.991. The SMILES string of the molecule is FC(F)(F)c1cccnc1N1CCCC(Cl)C1. The van der Waals surface area contributed by atoms with Crippen molar-refractivity contribution in [1.82, 2.24) is 4.98 Å². The monoisotopic (exact) mass is 264 g/mol. The van der Waals surface area contributed by atoms with E-state index in [1.807, 2.05) is 0 Å². The molecule has 1 aromatic heterocycles. The van der Waals surface area contributed by atoms with Crippen LogP contribution in [-0.2, 0) is 6.18 Å². The van der Waals surface area contributed by atoms with Crippen LogP contribution in [0, 0.1) is 0 Å². The smallest absolute Gasteiger partial charge is 0.355 e. The highest BCUT2D eigenvalue weighted by Gasteiger charge is 2.36. The molecule has 1 atom stereocenters. The molecule has 0 radical (unpaired) electrons. The summed E-state index contributed by atoms with van der Waals surface area (Å²) in [6.07, 6.45) is -1.36. The molecule has 1 fully saturated rings. The lowest BCUT2D eigenvalue weighted by Crippen LogP contribution is -2.37. The number of alkyl halides is 4. The Morgan fingerprint density at radius 3 is 2.82 bits per heavy atom. The van der Waals surface area contributed by atoms with E-state index in [2.05, 4.69) is 4.98 Å². The van der Waals surface area contributed by atoms with Crippen molar-refractivity contribution in [2.75, 3.05) is 18.0 Å². The molecule has 6 heteroatoms. The quantitative estimate of drug-likeness (QED) is 0.724. The van der Waals surface area contributed by atoms with Crippen molar-refractivity contribution in [2.24, 2.45) is 0 Å². The molecule has 17 heavy (non-hydrogen) atoms. The van der Waals surface area contributed by atoms with E-state index in [9.17, 15) is 13.2 Å². The van der Waals surface area contributed by atoms with Gasteiger partial charge in [0.05, 0.1) is 10.9 Å². The van der Waals surface area contributed by atoms with Crippen molar-refractivity contribution in [2.45, 2.75) is 24.4 Å². The van der Waals surface area contributed by atoms with Gasteiger partial charge in [-0.05, 0) is 25.0 Å². The normalized spacial score (nSPS) is 21.6. The first-order valence-electron chi connectivity index (χ1n) is 5.39. The first-order valence-corrected chi connectivity index (χ1v) is 5.83. The third-order valence-electron chi connectivity index (χ3n) is 2.76. The third kappa shape index (κ3) is 2.83. The molecule has 0 aromatic carbocycles. The van der Waals surface area contributed by atoms with Crippen molar-refractivity contribution < 1.29 is 13.2 Å². The summed E-state index contributed by atoms with van der Waals surface area (Å²) in [5.74, 6) is -0.00894. The zero-order valence-corrected chi connectivity index (χ0v) is 9.80. The summed E-state index contributed by atoms with van der Waals surface area (Å²) in [7, 11) is 0. The van der Waals surface area contributed by atoms with Crippen LogP contribution in [0.25, 0.3) is 0 Å². The Bertz CT molecular complexity index is 395. The van der Waals surface area contributed by atoms with Crippen LogP contribution in [0.2, 0.25) is 0 Å². The zero-order chi connectivity index (χ0) is 12.5. The highest BCUT2D eigenvalue weighted by Crippen LogP contribution is 2.36. The second kappa shape index (κ2) is 4.72. The lowest BCUT2D eigenvalue weighted by atomic mass is 10.1. The number of pyridine rings is 1. The van der Waals surface area contributed by atoms with E-state index in [0.717, 1.165) is 18.9 Å². The molecule has 0 spiro atoms. The Hall–Kier alpha value is -0.970. The van der Waals surface area contributed by atoms with Crippen molar-refractivity contribution in [3.63, 3.8) is 0 Å². The predicted octanol–water partition coefficient (Wildman–Crippen LogP) is 3.31. The van der Waals surface area contributed by atoms with Gasteiger partial charge in [-0.1, -0.05) is 0 Å². The van der Waals surface area contributed by atoms with Crippen molar-refractivity contribution >= 4 is 17.4 Å². The van der Waals surface area contributed by atoms with Crippen LogP contribution in [-0.4, -0.2) is 23.5 Å². The maximum Gasteiger partial charge on any atom is 0.419 e. The molecule has 0 amide bonds. The molecule has 0 bridgehead atoms. The van der Waals surface area contributed by atoms with E-state index >= 15 is 0 Å². The molecule has 1 aliphatic rings. The lowest BCUT2D eigenvalue weighted by molar-refractivity contribution is -0.137. The van der Waals surface area contributed by atoms with E-state index < -0.39 is 11.7 Å². The van der Waals surface area contributed by atoms with Crippen molar-refractivity contribution in [3.8, 4) is 0 Å². The van der Waals surface area contributed by atoms with Crippen LogP contribution >= 0.6 is 11.6 Å². The van der Waals surface area contributed by atoms with Crippen LogP contribution < -0.4 is 4.90 Å². The fourth-order valence-electron chi connectivity index (χ4n) is 1.99. The van der Waals surface area contributed by atoms with Gasteiger partial charge < -0.3 is 4.90 Å². The average molecular weight is 265 g/mol. The maximum atomic E-state index is 12.8. The minimum atomic E-state index is -4.37. The first-order chi connectivity index (χ1) is 7.98. The summed E-state index contributed by atoms with van der Waals surface area (Å²) < 4.78 is 38.4. The molecular formula is C11H12ClF3N2. The van der Waals surface area contributed by atoms with Crippen LogP contribution in [0.1, 0.15) is 18.4 Å². The highest BCUT2D eigenvalue weighted by molar-refractivity contribution is 6.21. The van der Waals surface area contributed by atoms with Crippen LogP contribution in [0.3, 0.4) is 0 Å². The molecular weight excluding hydrogens is 253 g/mol. The number of piperidine rings is 1. The van der Waals surface area contributed by atoms with Gasteiger partial charge in [0.15, 0.2) is 0 Å². The highest BCUT2D eigenvalue weighted by atomic mass is 35.5. The van der Waals surface area contributed by atoms with E-state index in [4.69, 9.17) is 11.6 Å². The summed E-state index contributed by atoms with van der Waals surface area (Å²) >= 11 is 5.98. The molecule has 1 saturated heterocycles. The van der Waals surface area contributed by atoms with Gasteiger partial charge in [0.2, 0.25) is 0 Å². The van der Waals surface area contributed by atoms with E-state index in [0.29, 0.717) is 13.1 Å². The number of halogens is 4. The van der Waals surface area contributed by atoms with E-state index in [1.165, 1.54) is 12.3 Å². The van der Waals surface area contributed by atoms with Gasteiger partial charge in [-0.3, -0.25) is 0 Å². The van der Waals surface area contributed by atoms with E-state index in [1.54, 1.807) is 4.90 Å². The molecule has 0 aliphatic carbocycles. The number of hydrogen-bond acceptors (Lipinski definition) is 2. The van der Waals surface area contributed by atoms with Gasteiger partial charge in [-0.25, -0.2) is 4.98 Å². The van der Waals surface area contributed by atoms with Crippen molar-refractivity contribution in [1.29, 1.82) is 0 Å². The van der Waals surface area contributed by atoms with Crippen LogP contribution in [0.15, 0.2) is 18.3 Å². The fraction of sp³-hybridized carbons (Fsp3) is 0.545. The zero-order valence-electron chi connectivity index (χ0n) is 9.04. The number of aromatic nitrogens is 1. The molecule has 0 N–H and O–H groups in total. The standard InChI is InChI=1S/C11H12ClF3N2/c12-8-3-2-6-17(7-8)10-9(11(13,14)15)4-1-5-16-10/h1,4-5,8H,2-3,6-7H2. The second-order valence-corrected chi connectivity index (χ2v) is 4.68. The summed E-state index contributed by atoms with van der Waals surface area (Å²) in [5, 5.41) is -0.105. The van der Waals surface area contributed by atoms with Crippen molar-refractivity contribution in [3.05, 3.63) is 23.9 Å². The topological polar surface area (TPSA) is 16.1 Å². The van der Waals surface area contributed by atoms with Gasteiger partial charge in [-0.2, -0.15) is 13.2 Å². The van der Waals surface area contributed by atoms with Crippen LogP contribution in [0.5, 0.6) is 0 Å². The fourth-order valence-corrected chi connectivity index (χ4v) is 2.31. The minimum Gasteiger partial charge on any atom is -0.355 e. The molecule has 2 nitrogen and oxygen atoms in total. The third-order valence-corrected chi connectivity index (χ3v) is 3.11. The predicted molar refractivity (Wildman–Crippen MR) is 60.3 cm³/mol. The molecule has 1 aliphatic heterocycles. The molecule has 2 heterocycles. The Balaban J connectivity index is 2.31. The Kier molecular flexibility index (Phi) is 3.47. The molecule has 0 saturated carbocycles. The minimum absolute atomic E-state index is 0.00894. The summed E-state index contributed by atoms with van der Waals surface area (Å²) in [6, 6.07) is 2.36. The number of nitrogens with zero attached hydrogens (tertiary/aromatic N) is 2. The van der Waals surface area contributed by atoms with Gasteiger partial charge in [0.25, 0.3) is 0 Å². The van der Waals surface area contributed by atoms with Crippen LogP contribution in [0.4, 0.5) is 19.0 Å². The van der Waals surface area contributed by atoms with Gasteiger partial charge in [0, 0.05) is 19.3 Å². The first kappa shape index (κ1) is 12.5. The lowest BCUT2D eigenvalue weighted by Gasteiger charge is -2.32. The Labute approximate surface area is 102 Å². The Morgan fingerprint density at radius 2 is 2.18 bits per heavy atom. The summed E-state index contributed by atoms with van der Waals surface area (Å²) in [4.78, 5) is 5.47. The average Bonchev–Trinajstić information content (AvgIpc) is 2.28. The largest absolute Gasteiger partial charge is 0.419 e.